The third-order valence-corrected chi connectivity index (χ3v) is 4.00. The van der Waals surface area contributed by atoms with Crippen LogP contribution in [0.5, 0.6) is 0 Å². The van der Waals surface area contributed by atoms with Crippen molar-refractivity contribution in [2.75, 3.05) is 19.8 Å². The molecule has 0 radical (unpaired) electrons. The number of nitrogens with zero attached hydrogens (tertiary/aromatic N) is 1. The first-order valence-electron chi connectivity index (χ1n) is 5.73. The summed E-state index contributed by atoms with van der Waals surface area (Å²) in [6, 6.07) is 6.10. The Bertz CT molecular complexity index is 597. The van der Waals surface area contributed by atoms with Gasteiger partial charge in [-0.1, -0.05) is 0 Å². The Morgan fingerprint density at radius 1 is 1.45 bits per heavy atom. The molecular weight excluding hydrogens is 290 g/mol. The molecular formula is C12H14F2N2O3S. The molecule has 0 fully saturated rings. The highest BCUT2D eigenvalue weighted by molar-refractivity contribution is 7.89. The number of alkyl halides is 2. The lowest BCUT2D eigenvalue weighted by Gasteiger charge is -2.09. The molecule has 0 heterocycles. The molecule has 0 amide bonds. The molecule has 110 valence electrons. The molecule has 0 unspecified atom stereocenters. The highest BCUT2D eigenvalue weighted by Gasteiger charge is 2.16. The summed E-state index contributed by atoms with van der Waals surface area (Å²) < 4.78 is 54.3. The van der Waals surface area contributed by atoms with Gasteiger partial charge in [-0.3, -0.25) is 0 Å². The monoisotopic (exact) mass is 304 g/mol. The van der Waals surface area contributed by atoms with E-state index in [1.54, 1.807) is 6.92 Å². The van der Waals surface area contributed by atoms with Gasteiger partial charge in [0, 0.05) is 6.54 Å². The Kier molecular flexibility index (Phi) is 6.01. The molecule has 1 aromatic carbocycles. The van der Waals surface area contributed by atoms with Crippen LogP contribution in [0.4, 0.5) is 8.78 Å². The summed E-state index contributed by atoms with van der Waals surface area (Å²) in [6.07, 6.45) is -2.58. The molecule has 0 aliphatic heterocycles. The molecule has 1 N–H and O–H groups in total. The van der Waals surface area contributed by atoms with Crippen molar-refractivity contribution in [2.45, 2.75) is 18.2 Å². The lowest BCUT2D eigenvalue weighted by Crippen LogP contribution is -2.28. The van der Waals surface area contributed by atoms with Crippen LogP contribution in [0.1, 0.15) is 11.1 Å². The van der Waals surface area contributed by atoms with Gasteiger partial charge in [0.1, 0.15) is 6.61 Å². The third-order valence-electron chi connectivity index (χ3n) is 2.38. The zero-order chi connectivity index (χ0) is 15.2. The molecule has 0 spiro atoms. The van der Waals surface area contributed by atoms with Crippen molar-refractivity contribution < 1.29 is 21.9 Å². The van der Waals surface area contributed by atoms with Crippen LogP contribution in [0.15, 0.2) is 23.1 Å². The Hall–Kier alpha value is -1.56. The highest BCUT2D eigenvalue weighted by Crippen LogP contribution is 2.16. The van der Waals surface area contributed by atoms with E-state index < -0.39 is 23.1 Å². The van der Waals surface area contributed by atoms with Crippen molar-refractivity contribution in [1.82, 2.24) is 4.72 Å². The van der Waals surface area contributed by atoms with Crippen LogP contribution in [0.2, 0.25) is 0 Å². The molecule has 0 bridgehead atoms. The average Bonchev–Trinajstić information content (AvgIpc) is 2.37. The van der Waals surface area contributed by atoms with Gasteiger partial charge in [0.05, 0.1) is 23.1 Å². The van der Waals surface area contributed by atoms with Crippen molar-refractivity contribution in [3.05, 3.63) is 29.3 Å². The molecule has 0 atom stereocenters. The van der Waals surface area contributed by atoms with E-state index in [0.717, 1.165) is 0 Å². The summed E-state index contributed by atoms with van der Waals surface area (Å²) in [5, 5.41) is 8.71. The zero-order valence-corrected chi connectivity index (χ0v) is 11.6. The van der Waals surface area contributed by atoms with E-state index in [-0.39, 0.29) is 18.0 Å². The number of nitriles is 1. The van der Waals surface area contributed by atoms with Gasteiger partial charge < -0.3 is 4.74 Å². The molecule has 0 aliphatic carbocycles. The maximum Gasteiger partial charge on any atom is 0.261 e. The summed E-state index contributed by atoms with van der Waals surface area (Å²) in [5.74, 6) is 0. The van der Waals surface area contributed by atoms with E-state index in [2.05, 4.69) is 9.46 Å². The van der Waals surface area contributed by atoms with Crippen LogP contribution in [-0.4, -0.2) is 34.6 Å². The first-order valence-corrected chi connectivity index (χ1v) is 7.21. The summed E-state index contributed by atoms with van der Waals surface area (Å²) in [4.78, 5) is 0.0466. The van der Waals surface area contributed by atoms with Gasteiger partial charge in [-0.25, -0.2) is 21.9 Å². The Morgan fingerprint density at radius 3 is 2.70 bits per heavy atom. The van der Waals surface area contributed by atoms with Crippen molar-refractivity contribution in [2.24, 2.45) is 0 Å². The van der Waals surface area contributed by atoms with Gasteiger partial charge >= 0.3 is 0 Å². The largest absolute Gasteiger partial charge is 0.374 e. The fraction of sp³-hybridized carbons (Fsp3) is 0.417. The van der Waals surface area contributed by atoms with E-state index in [4.69, 9.17) is 5.26 Å². The summed E-state index contributed by atoms with van der Waals surface area (Å²) >= 11 is 0. The van der Waals surface area contributed by atoms with Gasteiger partial charge in [0.25, 0.3) is 6.43 Å². The first-order chi connectivity index (χ1) is 9.36. The second-order valence-electron chi connectivity index (χ2n) is 3.96. The second kappa shape index (κ2) is 7.28. The van der Waals surface area contributed by atoms with Crippen LogP contribution in [-0.2, 0) is 14.8 Å². The van der Waals surface area contributed by atoms with Crippen LogP contribution < -0.4 is 4.72 Å². The number of rotatable bonds is 7. The van der Waals surface area contributed by atoms with Crippen LogP contribution in [0.3, 0.4) is 0 Å². The number of halogens is 2. The van der Waals surface area contributed by atoms with Crippen LogP contribution in [0, 0.1) is 18.3 Å². The molecule has 1 aromatic rings. The number of benzene rings is 1. The SMILES string of the molecule is Cc1cc(C#N)ccc1S(=O)(=O)NCCOCC(F)F. The zero-order valence-electron chi connectivity index (χ0n) is 10.8. The van der Waals surface area contributed by atoms with Crippen molar-refractivity contribution >= 4 is 10.0 Å². The number of ether oxygens (including phenoxy) is 1. The maximum absolute atomic E-state index is 12.0. The van der Waals surface area contributed by atoms with E-state index in [9.17, 15) is 17.2 Å². The number of hydrogen-bond donors (Lipinski definition) is 1. The fourth-order valence-electron chi connectivity index (χ4n) is 1.52. The fourth-order valence-corrected chi connectivity index (χ4v) is 2.76. The molecule has 20 heavy (non-hydrogen) atoms. The summed E-state index contributed by atoms with van der Waals surface area (Å²) in [5.41, 5.74) is 0.798. The Labute approximate surface area is 116 Å². The Morgan fingerprint density at radius 2 is 2.15 bits per heavy atom. The summed E-state index contributed by atoms with van der Waals surface area (Å²) in [6.45, 7) is 0.605. The number of nitrogens with one attached hydrogen (secondary N) is 1. The van der Waals surface area contributed by atoms with Crippen LogP contribution in [0.25, 0.3) is 0 Å². The quantitative estimate of drug-likeness (QED) is 0.773. The maximum atomic E-state index is 12.0. The Balaban J connectivity index is 2.63. The average molecular weight is 304 g/mol. The number of sulfonamides is 1. The van der Waals surface area contributed by atoms with Gasteiger partial charge in [-0.2, -0.15) is 5.26 Å². The number of aryl methyl sites for hydroxylation is 1. The predicted octanol–water partition coefficient (Wildman–Crippen LogP) is 1.43. The van der Waals surface area contributed by atoms with Gasteiger partial charge in [-0.05, 0) is 30.7 Å². The van der Waals surface area contributed by atoms with Crippen molar-refractivity contribution in [3.63, 3.8) is 0 Å². The van der Waals surface area contributed by atoms with Crippen LogP contribution >= 0.6 is 0 Å². The molecule has 8 heteroatoms. The van der Waals surface area contributed by atoms with Gasteiger partial charge in [0.15, 0.2) is 0 Å². The van der Waals surface area contributed by atoms with E-state index in [1.165, 1.54) is 18.2 Å². The topological polar surface area (TPSA) is 79.2 Å². The molecule has 1 rings (SSSR count). The van der Waals surface area contributed by atoms with Gasteiger partial charge in [-0.15, -0.1) is 0 Å². The van der Waals surface area contributed by atoms with Crippen molar-refractivity contribution in [1.29, 1.82) is 5.26 Å². The minimum Gasteiger partial charge on any atom is -0.374 e. The van der Waals surface area contributed by atoms with Crippen molar-refractivity contribution in [3.8, 4) is 6.07 Å². The molecule has 0 aliphatic rings. The van der Waals surface area contributed by atoms with E-state index in [1.807, 2.05) is 6.07 Å². The molecule has 0 saturated carbocycles. The highest BCUT2D eigenvalue weighted by atomic mass is 32.2. The number of hydrogen-bond acceptors (Lipinski definition) is 4. The summed E-state index contributed by atoms with van der Waals surface area (Å²) in [7, 11) is -3.74. The smallest absolute Gasteiger partial charge is 0.261 e. The molecule has 5 nitrogen and oxygen atoms in total. The minimum absolute atomic E-state index is 0.0466. The van der Waals surface area contributed by atoms with Gasteiger partial charge in [0.2, 0.25) is 10.0 Å². The third kappa shape index (κ3) is 4.85. The molecule has 0 aromatic heterocycles. The second-order valence-corrected chi connectivity index (χ2v) is 5.69. The standard InChI is InChI=1S/C12H14F2N2O3S/c1-9-6-10(7-15)2-3-11(9)20(17,18)16-4-5-19-8-12(13)14/h2-3,6,12,16H,4-5,8H2,1H3. The first kappa shape index (κ1) is 16.5. The minimum atomic E-state index is -3.74. The van der Waals surface area contributed by atoms with E-state index >= 15 is 0 Å². The normalized spacial score (nSPS) is 11.6. The van der Waals surface area contributed by atoms with E-state index in [0.29, 0.717) is 11.1 Å². The lowest BCUT2D eigenvalue weighted by atomic mass is 10.2. The predicted molar refractivity (Wildman–Crippen MR) is 67.9 cm³/mol. The lowest BCUT2D eigenvalue weighted by molar-refractivity contribution is 0.0199. The molecule has 0 saturated heterocycles.